The fourth-order valence-corrected chi connectivity index (χ4v) is 4.11. The maximum Gasteiger partial charge on any atom is 0.409 e. The number of hydrogen-bond acceptors (Lipinski definition) is 4. The highest BCUT2D eigenvalue weighted by Crippen LogP contribution is 2.21. The van der Waals surface area contributed by atoms with Gasteiger partial charge in [-0.1, -0.05) is 26.0 Å². The standard InChI is InChI=1S/C17H26N2O4S/c1-4-13(2)14-5-7-16(8-6-14)24(21,22)18-15-9-11-19(12-10-15)17(20)23-3/h5-8,13,15,18H,4,9-12H2,1-3H3. The third-order valence-electron chi connectivity index (χ3n) is 4.62. The third kappa shape index (κ3) is 4.48. The molecule has 1 aliphatic rings. The van der Waals surface area contributed by atoms with Crippen LogP contribution in [-0.2, 0) is 14.8 Å². The highest BCUT2D eigenvalue weighted by Gasteiger charge is 2.27. The number of benzene rings is 1. The number of ether oxygens (including phenoxy) is 1. The number of rotatable bonds is 5. The Balaban J connectivity index is 1.98. The molecule has 1 N–H and O–H groups in total. The first-order chi connectivity index (χ1) is 11.4. The summed E-state index contributed by atoms with van der Waals surface area (Å²) in [7, 11) is -2.19. The Bertz CT molecular complexity index is 650. The first kappa shape index (κ1) is 18.7. The Morgan fingerprint density at radius 2 is 1.88 bits per heavy atom. The lowest BCUT2D eigenvalue weighted by Crippen LogP contribution is -2.46. The van der Waals surface area contributed by atoms with Gasteiger partial charge in [0.1, 0.15) is 0 Å². The number of piperidine rings is 1. The summed E-state index contributed by atoms with van der Waals surface area (Å²) in [6, 6.07) is 6.91. The van der Waals surface area contributed by atoms with E-state index in [1.54, 1.807) is 17.0 Å². The highest BCUT2D eigenvalue weighted by atomic mass is 32.2. The lowest BCUT2D eigenvalue weighted by Gasteiger charge is -2.31. The van der Waals surface area contributed by atoms with E-state index >= 15 is 0 Å². The average Bonchev–Trinajstić information content (AvgIpc) is 2.60. The summed E-state index contributed by atoms with van der Waals surface area (Å²) in [6.45, 7) is 5.22. The van der Waals surface area contributed by atoms with Gasteiger partial charge in [0.25, 0.3) is 0 Å². The molecule has 1 unspecified atom stereocenters. The van der Waals surface area contributed by atoms with Crippen LogP contribution in [0.5, 0.6) is 0 Å². The zero-order chi connectivity index (χ0) is 17.7. The van der Waals surface area contributed by atoms with Gasteiger partial charge in [0.15, 0.2) is 0 Å². The van der Waals surface area contributed by atoms with Crippen molar-refractivity contribution >= 4 is 16.1 Å². The molecule has 1 aromatic carbocycles. The molecular weight excluding hydrogens is 328 g/mol. The van der Waals surface area contributed by atoms with Gasteiger partial charge in [0.2, 0.25) is 10.0 Å². The van der Waals surface area contributed by atoms with Crippen molar-refractivity contribution in [3.05, 3.63) is 29.8 Å². The van der Waals surface area contributed by atoms with Crippen LogP contribution in [0, 0.1) is 0 Å². The molecule has 2 rings (SSSR count). The summed E-state index contributed by atoms with van der Waals surface area (Å²) in [4.78, 5) is 13.3. The Labute approximate surface area is 144 Å². The zero-order valence-electron chi connectivity index (χ0n) is 14.5. The van der Waals surface area contributed by atoms with Gasteiger partial charge in [-0.2, -0.15) is 0 Å². The molecule has 24 heavy (non-hydrogen) atoms. The zero-order valence-corrected chi connectivity index (χ0v) is 15.3. The third-order valence-corrected chi connectivity index (χ3v) is 6.16. The second-order valence-corrected chi connectivity index (χ2v) is 7.94. The number of hydrogen-bond donors (Lipinski definition) is 1. The largest absolute Gasteiger partial charge is 0.453 e. The average molecular weight is 354 g/mol. The van der Waals surface area contributed by atoms with Gasteiger partial charge in [-0.15, -0.1) is 0 Å². The number of carbonyl (C=O) groups is 1. The van der Waals surface area contributed by atoms with Gasteiger partial charge < -0.3 is 9.64 Å². The topological polar surface area (TPSA) is 75.7 Å². The van der Waals surface area contributed by atoms with Crippen molar-refractivity contribution in [2.45, 2.75) is 50.0 Å². The van der Waals surface area contributed by atoms with Crippen LogP contribution in [0.2, 0.25) is 0 Å². The lowest BCUT2D eigenvalue weighted by atomic mass is 9.99. The van der Waals surface area contributed by atoms with Crippen molar-refractivity contribution in [2.24, 2.45) is 0 Å². The van der Waals surface area contributed by atoms with Crippen LogP contribution in [-0.4, -0.2) is 45.7 Å². The van der Waals surface area contributed by atoms with E-state index in [1.807, 2.05) is 12.1 Å². The predicted octanol–water partition coefficient (Wildman–Crippen LogP) is 2.71. The van der Waals surface area contributed by atoms with Crippen LogP contribution in [0.4, 0.5) is 4.79 Å². The van der Waals surface area contributed by atoms with E-state index in [0.717, 1.165) is 12.0 Å². The maximum atomic E-state index is 12.5. The molecule has 1 aromatic rings. The minimum Gasteiger partial charge on any atom is -0.453 e. The quantitative estimate of drug-likeness (QED) is 0.882. The van der Waals surface area contributed by atoms with Gasteiger partial charge in [-0.05, 0) is 42.9 Å². The molecule has 7 heteroatoms. The molecule has 6 nitrogen and oxygen atoms in total. The molecule has 0 aliphatic carbocycles. The first-order valence-corrected chi connectivity index (χ1v) is 9.81. The minimum absolute atomic E-state index is 0.162. The number of likely N-dealkylation sites (tertiary alicyclic amines) is 1. The van der Waals surface area contributed by atoms with Crippen LogP contribution in [0.15, 0.2) is 29.2 Å². The van der Waals surface area contributed by atoms with E-state index in [4.69, 9.17) is 0 Å². The summed E-state index contributed by atoms with van der Waals surface area (Å²) in [6.07, 6.45) is 1.82. The number of sulfonamides is 1. The molecule has 1 atom stereocenters. The SMILES string of the molecule is CCC(C)c1ccc(S(=O)(=O)NC2CCN(C(=O)OC)CC2)cc1. The monoisotopic (exact) mass is 354 g/mol. The predicted molar refractivity (Wildman–Crippen MR) is 92.5 cm³/mol. The normalized spacial score (nSPS) is 17.5. The van der Waals surface area contributed by atoms with E-state index in [-0.39, 0.29) is 17.0 Å². The first-order valence-electron chi connectivity index (χ1n) is 8.32. The summed E-state index contributed by atoms with van der Waals surface area (Å²) >= 11 is 0. The summed E-state index contributed by atoms with van der Waals surface area (Å²) in [5, 5.41) is 0. The number of methoxy groups -OCH3 is 1. The van der Waals surface area contributed by atoms with Crippen LogP contribution in [0.3, 0.4) is 0 Å². The molecule has 1 saturated heterocycles. The number of nitrogens with one attached hydrogen (secondary N) is 1. The van der Waals surface area contributed by atoms with E-state index in [9.17, 15) is 13.2 Å². The Kier molecular flexibility index (Phi) is 6.23. The van der Waals surface area contributed by atoms with Gasteiger partial charge in [-0.25, -0.2) is 17.9 Å². The number of amides is 1. The fourth-order valence-electron chi connectivity index (χ4n) is 2.81. The molecule has 0 bridgehead atoms. The second kappa shape index (κ2) is 7.98. The molecule has 0 saturated carbocycles. The van der Waals surface area contributed by atoms with Crippen LogP contribution in [0.1, 0.15) is 44.6 Å². The van der Waals surface area contributed by atoms with Crippen LogP contribution in [0.25, 0.3) is 0 Å². The van der Waals surface area contributed by atoms with E-state index < -0.39 is 10.0 Å². The molecule has 1 aliphatic heterocycles. The second-order valence-electron chi connectivity index (χ2n) is 6.23. The van der Waals surface area contributed by atoms with E-state index in [0.29, 0.717) is 31.8 Å². The smallest absolute Gasteiger partial charge is 0.409 e. The fraction of sp³-hybridized carbons (Fsp3) is 0.588. The molecule has 0 spiro atoms. The van der Waals surface area contributed by atoms with Crippen LogP contribution >= 0.6 is 0 Å². The lowest BCUT2D eigenvalue weighted by molar-refractivity contribution is 0.111. The molecule has 1 fully saturated rings. The van der Waals surface area contributed by atoms with Gasteiger partial charge in [-0.3, -0.25) is 0 Å². The molecule has 134 valence electrons. The number of carbonyl (C=O) groups excluding carboxylic acids is 1. The van der Waals surface area contributed by atoms with Crippen molar-refractivity contribution in [1.29, 1.82) is 0 Å². The molecular formula is C17H26N2O4S. The van der Waals surface area contributed by atoms with Crippen molar-refractivity contribution in [2.75, 3.05) is 20.2 Å². The summed E-state index contributed by atoms with van der Waals surface area (Å²) in [5.41, 5.74) is 1.14. The Hall–Kier alpha value is -1.60. The van der Waals surface area contributed by atoms with Crippen molar-refractivity contribution in [3.8, 4) is 0 Å². The summed E-state index contributed by atoms with van der Waals surface area (Å²) in [5.74, 6) is 0.414. The highest BCUT2D eigenvalue weighted by molar-refractivity contribution is 7.89. The van der Waals surface area contributed by atoms with Gasteiger partial charge in [0.05, 0.1) is 12.0 Å². The van der Waals surface area contributed by atoms with Gasteiger partial charge >= 0.3 is 6.09 Å². The molecule has 0 radical (unpaired) electrons. The molecule has 0 aromatic heterocycles. The summed E-state index contributed by atoms with van der Waals surface area (Å²) < 4.78 is 32.4. The van der Waals surface area contributed by atoms with E-state index in [1.165, 1.54) is 7.11 Å². The Morgan fingerprint density at radius 1 is 1.29 bits per heavy atom. The van der Waals surface area contributed by atoms with Gasteiger partial charge in [0, 0.05) is 19.1 Å². The number of nitrogens with zero attached hydrogens (tertiary/aromatic N) is 1. The Morgan fingerprint density at radius 3 is 2.38 bits per heavy atom. The minimum atomic E-state index is -3.54. The van der Waals surface area contributed by atoms with Crippen molar-refractivity contribution < 1.29 is 17.9 Å². The maximum absolute atomic E-state index is 12.5. The van der Waals surface area contributed by atoms with E-state index in [2.05, 4.69) is 23.3 Å². The molecule has 1 amide bonds. The van der Waals surface area contributed by atoms with Crippen LogP contribution < -0.4 is 4.72 Å². The van der Waals surface area contributed by atoms with Crippen molar-refractivity contribution in [1.82, 2.24) is 9.62 Å². The molecule has 1 heterocycles. The van der Waals surface area contributed by atoms with Crippen molar-refractivity contribution in [3.63, 3.8) is 0 Å².